The minimum absolute atomic E-state index is 0.111. The Balaban J connectivity index is 2.06. The summed E-state index contributed by atoms with van der Waals surface area (Å²) in [5.74, 6) is 1.48. The van der Waals surface area contributed by atoms with Gasteiger partial charge in [0, 0.05) is 19.1 Å². The van der Waals surface area contributed by atoms with Crippen LogP contribution in [0.1, 0.15) is 12.8 Å². The van der Waals surface area contributed by atoms with Gasteiger partial charge in [0.2, 0.25) is 17.7 Å². The molecule has 118 valence electrons. The van der Waals surface area contributed by atoms with Crippen LogP contribution in [-0.4, -0.2) is 57.5 Å². The highest BCUT2D eigenvalue weighted by molar-refractivity contribution is 5.34. The van der Waals surface area contributed by atoms with Gasteiger partial charge in [-0.25, -0.2) is 0 Å². The molecule has 21 heavy (non-hydrogen) atoms. The molecule has 0 saturated carbocycles. The molecule has 7 nitrogen and oxygen atoms in total. The van der Waals surface area contributed by atoms with Crippen LogP contribution in [0.4, 0.5) is 5.95 Å². The summed E-state index contributed by atoms with van der Waals surface area (Å²) < 4.78 is 15.7. The zero-order valence-corrected chi connectivity index (χ0v) is 12.9. The number of anilines is 1. The highest BCUT2D eigenvalue weighted by atomic mass is 16.5. The fourth-order valence-electron chi connectivity index (χ4n) is 2.59. The van der Waals surface area contributed by atoms with E-state index in [9.17, 15) is 0 Å². The van der Waals surface area contributed by atoms with Crippen LogP contribution in [0.25, 0.3) is 0 Å². The molecule has 1 saturated heterocycles. The number of methoxy groups -OCH3 is 3. The molecular weight excluding hydrogens is 272 g/mol. The average molecular weight is 296 g/mol. The van der Waals surface area contributed by atoms with Crippen LogP contribution in [0.5, 0.6) is 11.8 Å². The SMILES string of the molecule is COCC1(CNc2nc(OC)cc(OC)n2)CCNCC1. The molecule has 0 spiro atoms. The molecule has 0 aliphatic carbocycles. The first-order valence-corrected chi connectivity index (χ1v) is 7.12. The van der Waals surface area contributed by atoms with Gasteiger partial charge >= 0.3 is 0 Å². The Hall–Kier alpha value is -1.60. The van der Waals surface area contributed by atoms with Crippen molar-refractivity contribution in [1.82, 2.24) is 15.3 Å². The normalized spacial score (nSPS) is 17.3. The van der Waals surface area contributed by atoms with E-state index in [2.05, 4.69) is 20.6 Å². The Morgan fingerprint density at radius 2 is 1.76 bits per heavy atom. The molecule has 1 aromatic heterocycles. The van der Waals surface area contributed by atoms with E-state index in [1.54, 1.807) is 27.4 Å². The van der Waals surface area contributed by atoms with Crippen molar-refractivity contribution in [2.75, 3.05) is 52.9 Å². The third kappa shape index (κ3) is 4.18. The summed E-state index contributed by atoms with van der Waals surface area (Å²) in [6.45, 7) is 3.50. The van der Waals surface area contributed by atoms with Crippen LogP contribution in [0.15, 0.2) is 6.07 Å². The Labute approximate surface area is 125 Å². The molecule has 0 radical (unpaired) electrons. The van der Waals surface area contributed by atoms with Crippen LogP contribution < -0.4 is 20.1 Å². The molecule has 0 aromatic carbocycles. The third-order valence-electron chi connectivity index (χ3n) is 3.83. The number of ether oxygens (including phenoxy) is 3. The van der Waals surface area contributed by atoms with Gasteiger partial charge in [-0.3, -0.25) is 0 Å². The van der Waals surface area contributed by atoms with Gasteiger partial charge in [-0.1, -0.05) is 0 Å². The number of hydrogen-bond acceptors (Lipinski definition) is 7. The Morgan fingerprint density at radius 3 is 2.29 bits per heavy atom. The van der Waals surface area contributed by atoms with Crippen molar-refractivity contribution >= 4 is 5.95 Å². The lowest BCUT2D eigenvalue weighted by Gasteiger charge is -2.37. The van der Waals surface area contributed by atoms with Crippen LogP contribution >= 0.6 is 0 Å². The molecule has 0 bridgehead atoms. The van der Waals surface area contributed by atoms with Gasteiger partial charge in [-0.15, -0.1) is 0 Å². The van der Waals surface area contributed by atoms with Gasteiger partial charge in [0.1, 0.15) is 0 Å². The first kappa shape index (κ1) is 15.8. The zero-order valence-electron chi connectivity index (χ0n) is 12.9. The van der Waals surface area contributed by atoms with Crippen LogP contribution in [0, 0.1) is 5.41 Å². The lowest BCUT2D eigenvalue weighted by Crippen LogP contribution is -2.44. The third-order valence-corrected chi connectivity index (χ3v) is 3.83. The van der Waals surface area contributed by atoms with Crippen molar-refractivity contribution in [1.29, 1.82) is 0 Å². The number of hydrogen-bond donors (Lipinski definition) is 2. The maximum atomic E-state index is 5.40. The van der Waals surface area contributed by atoms with Gasteiger partial charge < -0.3 is 24.8 Å². The summed E-state index contributed by atoms with van der Waals surface area (Å²) in [6, 6.07) is 1.65. The second-order valence-electron chi connectivity index (χ2n) is 5.31. The van der Waals surface area contributed by atoms with E-state index in [0.29, 0.717) is 17.7 Å². The van der Waals surface area contributed by atoms with Gasteiger partial charge in [0.15, 0.2) is 0 Å². The number of piperidine rings is 1. The fourth-order valence-corrected chi connectivity index (χ4v) is 2.59. The van der Waals surface area contributed by atoms with E-state index in [4.69, 9.17) is 14.2 Å². The lowest BCUT2D eigenvalue weighted by molar-refractivity contribution is 0.0634. The predicted octanol–water partition coefficient (Wildman–Crippen LogP) is 0.922. The zero-order chi connectivity index (χ0) is 15.1. The number of rotatable bonds is 7. The van der Waals surface area contributed by atoms with Crippen LogP contribution in [-0.2, 0) is 4.74 Å². The monoisotopic (exact) mass is 296 g/mol. The summed E-state index contributed by atoms with van der Waals surface area (Å²) in [5, 5.41) is 6.68. The van der Waals surface area contributed by atoms with Gasteiger partial charge in [0.05, 0.1) is 26.9 Å². The van der Waals surface area contributed by atoms with Gasteiger partial charge in [-0.2, -0.15) is 9.97 Å². The van der Waals surface area contributed by atoms with Gasteiger partial charge in [-0.05, 0) is 25.9 Å². The summed E-state index contributed by atoms with van der Waals surface area (Å²) in [7, 11) is 4.89. The van der Waals surface area contributed by atoms with E-state index in [-0.39, 0.29) is 5.41 Å². The largest absolute Gasteiger partial charge is 0.481 e. The Bertz CT molecular complexity index is 422. The van der Waals surface area contributed by atoms with Crippen molar-refractivity contribution in [2.24, 2.45) is 5.41 Å². The standard InChI is InChI=1S/C14H24N4O3/c1-19-10-14(4-6-15-7-5-14)9-16-13-17-11(20-2)8-12(18-13)21-3/h8,15H,4-7,9-10H2,1-3H3,(H,16,17,18). The van der Waals surface area contributed by atoms with Crippen LogP contribution in [0.2, 0.25) is 0 Å². The molecule has 2 N–H and O–H groups in total. The molecule has 2 rings (SSSR count). The van der Waals surface area contributed by atoms with Crippen LogP contribution in [0.3, 0.4) is 0 Å². The quantitative estimate of drug-likeness (QED) is 0.774. The molecule has 1 fully saturated rings. The van der Waals surface area contributed by atoms with E-state index in [1.165, 1.54) is 0 Å². The smallest absolute Gasteiger partial charge is 0.229 e. The minimum Gasteiger partial charge on any atom is -0.481 e. The first-order valence-electron chi connectivity index (χ1n) is 7.12. The van der Waals surface area contributed by atoms with E-state index < -0.39 is 0 Å². The van der Waals surface area contributed by atoms with Crippen molar-refractivity contribution in [3.05, 3.63) is 6.07 Å². The first-order chi connectivity index (χ1) is 10.2. The lowest BCUT2D eigenvalue weighted by atomic mass is 9.79. The second-order valence-corrected chi connectivity index (χ2v) is 5.31. The molecule has 1 aliphatic rings. The van der Waals surface area contributed by atoms with Crippen molar-refractivity contribution in [3.8, 4) is 11.8 Å². The molecule has 0 atom stereocenters. The van der Waals surface area contributed by atoms with E-state index in [0.717, 1.165) is 39.1 Å². The summed E-state index contributed by atoms with van der Waals surface area (Å²) >= 11 is 0. The average Bonchev–Trinajstić information content (AvgIpc) is 2.54. The molecule has 1 aromatic rings. The maximum absolute atomic E-state index is 5.40. The summed E-state index contributed by atoms with van der Waals surface area (Å²) in [5.41, 5.74) is 0.111. The number of aromatic nitrogens is 2. The molecule has 0 amide bonds. The summed E-state index contributed by atoms with van der Waals surface area (Å²) in [4.78, 5) is 8.59. The Morgan fingerprint density at radius 1 is 1.14 bits per heavy atom. The molecule has 7 heteroatoms. The topological polar surface area (TPSA) is 77.5 Å². The highest BCUT2D eigenvalue weighted by Gasteiger charge is 2.32. The number of nitrogens with one attached hydrogen (secondary N) is 2. The molecule has 1 aliphatic heterocycles. The minimum atomic E-state index is 0.111. The Kier molecular flexibility index (Phi) is 5.58. The van der Waals surface area contributed by atoms with Crippen molar-refractivity contribution in [2.45, 2.75) is 12.8 Å². The van der Waals surface area contributed by atoms with Gasteiger partial charge in [0.25, 0.3) is 0 Å². The molecule has 0 unspecified atom stereocenters. The molecule has 2 heterocycles. The second kappa shape index (κ2) is 7.42. The maximum Gasteiger partial charge on any atom is 0.229 e. The predicted molar refractivity (Wildman–Crippen MR) is 80.0 cm³/mol. The number of nitrogens with zero attached hydrogens (tertiary/aromatic N) is 2. The summed E-state index contributed by atoms with van der Waals surface area (Å²) in [6.07, 6.45) is 2.13. The van der Waals surface area contributed by atoms with Crippen molar-refractivity contribution in [3.63, 3.8) is 0 Å². The highest BCUT2D eigenvalue weighted by Crippen LogP contribution is 2.29. The molecular formula is C14H24N4O3. The van der Waals surface area contributed by atoms with Crippen molar-refractivity contribution < 1.29 is 14.2 Å². The van der Waals surface area contributed by atoms with E-state index in [1.807, 2.05) is 0 Å². The fraction of sp³-hybridized carbons (Fsp3) is 0.714. The van der Waals surface area contributed by atoms with E-state index >= 15 is 0 Å².